The van der Waals surface area contributed by atoms with Crippen LogP contribution in [0, 0.1) is 6.92 Å². The predicted molar refractivity (Wildman–Crippen MR) is 107 cm³/mol. The molecule has 1 fully saturated rings. The van der Waals surface area contributed by atoms with Crippen molar-refractivity contribution < 1.29 is 23.7 Å². The quantitative estimate of drug-likeness (QED) is 0.677. The van der Waals surface area contributed by atoms with E-state index in [9.17, 15) is 4.79 Å². The van der Waals surface area contributed by atoms with Crippen molar-refractivity contribution in [2.24, 2.45) is 0 Å². The van der Waals surface area contributed by atoms with Crippen molar-refractivity contribution in [3.05, 3.63) is 47.5 Å². The summed E-state index contributed by atoms with van der Waals surface area (Å²) in [5.74, 6) is 1.69. The smallest absolute Gasteiger partial charge is 0.328 e. The van der Waals surface area contributed by atoms with Crippen molar-refractivity contribution in [2.75, 3.05) is 32.8 Å². The highest BCUT2D eigenvalue weighted by Crippen LogP contribution is 2.46. The first kappa shape index (κ1) is 19.9. The van der Waals surface area contributed by atoms with Crippen LogP contribution in [0.25, 0.3) is 0 Å². The number of hydrogen-bond acceptors (Lipinski definition) is 6. The van der Waals surface area contributed by atoms with Crippen LogP contribution in [0.5, 0.6) is 17.2 Å². The van der Waals surface area contributed by atoms with Gasteiger partial charge in [-0.05, 0) is 25.3 Å². The molecule has 3 rings (SSSR count). The Kier molecular flexibility index (Phi) is 6.29. The van der Waals surface area contributed by atoms with Crippen LogP contribution in [0.1, 0.15) is 24.0 Å². The summed E-state index contributed by atoms with van der Waals surface area (Å²) in [6.07, 6.45) is 1.66. The minimum atomic E-state index is -0.325. The zero-order valence-electron chi connectivity index (χ0n) is 16.9. The molecule has 0 saturated carbocycles. The highest BCUT2D eigenvalue weighted by Gasteiger charge is 2.34. The van der Waals surface area contributed by atoms with Crippen LogP contribution >= 0.6 is 0 Å². The first-order valence-corrected chi connectivity index (χ1v) is 9.37. The lowest BCUT2D eigenvalue weighted by Crippen LogP contribution is -2.37. The maximum atomic E-state index is 12.2. The summed E-state index contributed by atoms with van der Waals surface area (Å²) in [5.41, 5.74) is 2.71. The fourth-order valence-corrected chi connectivity index (χ4v) is 3.74. The molecule has 1 heterocycles. The highest BCUT2D eigenvalue weighted by atomic mass is 16.5. The summed E-state index contributed by atoms with van der Waals surface area (Å²) in [6, 6.07) is 11.5. The number of carbonyl (C=O) groups is 1. The van der Waals surface area contributed by atoms with Gasteiger partial charge in [0, 0.05) is 18.2 Å². The maximum Gasteiger partial charge on any atom is 0.328 e. The lowest BCUT2D eigenvalue weighted by atomic mass is 10.1. The largest absolute Gasteiger partial charge is 0.494 e. The average Bonchev–Trinajstić information content (AvgIpc) is 3.21. The average molecular weight is 385 g/mol. The van der Waals surface area contributed by atoms with Gasteiger partial charge < -0.3 is 23.8 Å². The van der Waals surface area contributed by atoms with E-state index < -0.39 is 0 Å². The van der Waals surface area contributed by atoms with Crippen molar-refractivity contribution in [1.82, 2.24) is 0 Å². The standard InChI is InChI=1S/C22H27NO5/c1-15-20(25-2)18(23-12-8-11-17(23)22(24)27-4)13-19(21(15)26-3)28-14-16-9-6-5-7-10-16/h5-7,9-10,13,17H,8,11-12,14H2,1-4H3. The van der Waals surface area contributed by atoms with Crippen LogP contribution < -0.4 is 19.1 Å². The van der Waals surface area contributed by atoms with E-state index in [0.29, 0.717) is 23.9 Å². The van der Waals surface area contributed by atoms with Crippen LogP contribution in [0.3, 0.4) is 0 Å². The molecule has 0 aromatic heterocycles. The molecule has 0 aliphatic carbocycles. The number of methoxy groups -OCH3 is 3. The second-order valence-electron chi connectivity index (χ2n) is 6.73. The van der Waals surface area contributed by atoms with Gasteiger partial charge in [0.15, 0.2) is 11.5 Å². The maximum absolute atomic E-state index is 12.2. The Morgan fingerprint density at radius 1 is 1.11 bits per heavy atom. The van der Waals surface area contributed by atoms with Gasteiger partial charge in [0.1, 0.15) is 18.4 Å². The molecule has 1 unspecified atom stereocenters. The van der Waals surface area contributed by atoms with Gasteiger partial charge in [-0.2, -0.15) is 0 Å². The zero-order valence-corrected chi connectivity index (χ0v) is 16.9. The Balaban J connectivity index is 1.99. The first-order chi connectivity index (χ1) is 13.6. The molecular formula is C22H27NO5. The number of benzene rings is 2. The molecule has 150 valence electrons. The van der Waals surface area contributed by atoms with Crippen molar-refractivity contribution >= 4 is 11.7 Å². The molecule has 6 nitrogen and oxygen atoms in total. The highest BCUT2D eigenvalue weighted by molar-refractivity contribution is 5.83. The molecule has 2 aromatic carbocycles. The van der Waals surface area contributed by atoms with Crippen LogP contribution in [-0.2, 0) is 16.1 Å². The van der Waals surface area contributed by atoms with Gasteiger partial charge in [-0.25, -0.2) is 4.79 Å². The van der Waals surface area contributed by atoms with E-state index in [1.807, 2.05) is 48.2 Å². The van der Waals surface area contributed by atoms with E-state index in [2.05, 4.69) is 0 Å². The molecule has 6 heteroatoms. The lowest BCUT2D eigenvalue weighted by molar-refractivity contribution is -0.141. The normalized spacial score (nSPS) is 16.0. The van der Waals surface area contributed by atoms with Crippen molar-refractivity contribution in [2.45, 2.75) is 32.4 Å². The van der Waals surface area contributed by atoms with Gasteiger partial charge in [0.2, 0.25) is 0 Å². The van der Waals surface area contributed by atoms with E-state index in [4.69, 9.17) is 18.9 Å². The van der Waals surface area contributed by atoms with E-state index in [0.717, 1.165) is 36.2 Å². The van der Waals surface area contributed by atoms with Gasteiger partial charge in [0.25, 0.3) is 0 Å². The molecule has 0 radical (unpaired) electrons. The van der Waals surface area contributed by atoms with Crippen LogP contribution in [0.4, 0.5) is 5.69 Å². The van der Waals surface area contributed by atoms with Crippen LogP contribution in [-0.4, -0.2) is 39.9 Å². The molecule has 1 aliphatic heterocycles. The van der Waals surface area contributed by atoms with E-state index in [1.165, 1.54) is 7.11 Å². The SMILES string of the molecule is COC(=O)C1CCCN1c1cc(OCc2ccccc2)c(OC)c(C)c1OC. The van der Waals surface area contributed by atoms with E-state index in [1.54, 1.807) is 14.2 Å². The number of nitrogens with zero attached hydrogens (tertiary/aromatic N) is 1. The third-order valence-electron chi connectivity index (χ3n) is 5.09. The van der Waals surface area contributed by atoms with Gasteiger partial charge in [-0.3, -0.25) is 0 Å². The molecular weight excluding hydrogens is 358 g/mol. The Morgan fingerprint density at radius 3 is 2.46 bits per heavy atom. The van der Waals surface area contributed by atoms with Gasteiger partial charge in [0.05, 0.1) is 27.0 Å². The minimum absolute atomic E-state index is 0.236. The number of hydrogen-bond donors (Lipinski definition) is 0. The van der Waals surface area contributed by atoms with Crippen molar-refractivity contribution in [1.29, 1.82) is 0 Å². The Bertz CT molecular complexity index is 821. The minimum Gasteiger partial charge on any atom is -0.494 e. The molecule has 1 saturated heterocycles. The predicted octanol–water partition coefficient (Wildman–Crippen LogP) is 3.73. The molecule has 0 bridgehead atoms. The summed E-state index contributed by atoms with van der Waals surface area (Å²) in [7, 11) is 4.66. The third kappa shape index (κ3) is 3.86. The summed E-state index contributed by atoms with van der Waals surface area (Å²) < 4.78 is 22.4. The molecule has 28 heavy (non-hydrogen) atoms. The molecule has 0 amide bonds. The van der Waals surface area contributed by atoms with Gasteiger partial charge in [-0.1, -0.05) is 30.3 Å². The third-order valence-corrected chi connectivity index (χ3v) is 5.09. The topological polar surface area (TPSA) is 57.2 Å². The fourth-order valence-electron chi connectivity index (χ4n) is 3.74. The second kappa shape index (κ2) is 8.87. The van der Waals surface area contributed by atoms with E-state index in [-0.39, 0.29) is 12.0 Å². The fraction of sp³-hybridized carbons (Fsp3) is 0.409. The Hall–Kier alpha value is -2.89. The first-order valence-electron chi connectivity index (χ1n) is 9.37. The van der Waals surface area contributed by atoms with Crippen LogP contribution in [0.2, 0.25) is 0 Å². The van der Waals surface area contributed by atoms with Crippen molar-refractivity contribution in [3.63, 3.8) is 0 Å². The molecule has 0 N–H and O–H groups in total. The summed E-state index contributed by atoms with van der Waals surface area (Å²) in [4.78, 5) is 14.3. The van der Waals surface area contributed by atoms with Crippen molar-refractivity contribution in [3.8, 4) is 17.2 Å². The Morgan fingerprint density at radius 2 is 1.82 bits per heavy atom. The molecule has 2 aromatic rings. The molecule has 0 spiro atoms. The number of anilines is 1. The van der Waals surface area contributed by atoms with E-state index >= 15 is 0 Å². The monoisotopic (exact) mass is 385 g/mol. The van der Waals surface area contributed by atoms with Crippen LogP contribution in [0.15, 0.2) is 36.4 Å². The Labute approximate surface area is 166 Å². The van der Waals surface area contributed by atoms with Gasteiger partial charge >= 0.3 is 5.97 Å². The number of esters is 1. The summed E-state index contributed by atoms with van der Waals surface area (Å²) in [5, 5.41) is 0. The van der Waals surface area contributed by atoms with Gasteiger partial charge in [-0.15, -0.1) is 0 Å². The summed E-state index contributed by atoms with van der Waals surface area (Å²) in [6.45, 7) is 3.10. The number of ether oxygens (including phenoxy) is 4. The lowest BCUT2D eigenvalue weighted by Gasteiger charge is -2.28. The molecule has 1 atom stereocenters. The summed E-state index contributed by atoms with van der Waals surface area (Å²) >= 11 is 0. The number of carbonyl (C=O) groups excluding carboxylic acids is 1. The number of rotatable bonds is 7. The second-order valence-corrected chi connectivity index (χ2v) is 6.73. The zero-order chi connectivity index (χ0) is 20.1. The molecule has 1 aliphatic rings.